The second kappa shape index (κ2) is 3.74. The third-order valence-corrected chi connectivity index (χ3v) is 2.74. The molecule has 0 atom stereocenters. The molecule has 58 valence electrons. The van der Waals surface area contributed by atoms with Crippen molar-refractivity contribution in [3.05, 3.63) is 33.5 Å². The summed E-state index contributed by atoms with van der Waals surface area (Å²) >= 11 is 7.52. The molecule has 0 N–H and O–H groups in total. The third kappa shape index (κ3) is 1.73. The van der Waals surface area contributed by atoms with Gasteiger partial charge in [-0.15, -0.1) is 11.3 Å². The molecule has 0 radical (unpaired) electrons. The van der Waals surface area contributed by atoms with E-state index >= 15 is 0 Å². The monoisotopic (exact) mass is 184 g/mol. The summed E-state index contributed by atoms with van der Waals surface area (Å²) in [5.41, 5.74) is 1.04. The quantitative estimate of drug-likeness (QED) is 0.650. The van der Waals surface area contributed by atoms with Gasteiger partial charge < -0.3 is 0 Å². The molecule has 1 aromatic rings. The Bertz CT molecular complexity index is 284. The molecule has 0 aliphatic carbocycles. The number of halogens is 1. The zero-order valence-electron chi connectivity index (χ0n) is 6.30. The molecule has 2 heteroatoms. The first kappa shape index (κ1) is 8.57. The second-order valence-electron chi connectivity index (χ2n) is 2.07. The highest BCUT2D eigenvalue weighted by Crippen LogP contribution is 2.28. The van der Waals surface area contributed by atoms with E-state index in [9.17, 15) is 0 Å². The number of thiophene rings is 1. The zero-order valence-corrected chi connectivity index (χ0v) is 7.88. The Morgan fingerprint density at radius 2 is 2.36 bits per heavy atom. The number of hydrogen-bond donors (Lipinski definition) is 0. The molecule has 0 bridgehead atoms. The SMILES string of the molecule is C=Cc1c(Cl)csc1C=CC. The Balaban J connectivity index is 3.15. The molecule has 0 nitrogen and oxygen atoms in total. The van der Waals surface area contributed by atoms with Crippen molar-refractivity contribution in [3.63, 3.8) is 0 Å². The maximum absolute atomic E-state index is 5.89. The fraction of sp³-hybridized carbons (Fsp3) is 0.111. The average molecular weight is 185 g/mol. The van der Waals surface area contributed by atoms with Gasteiger partial charge in [0.25, 0.3) is 0 Å². The molecule has 0 unspecified atom stereocenters. The number of rotatable bonds is 2. The molecule has 0 saturated heterocycles. The summed E-state index contributed by atoms with van der Waals surface area (Å²) in [6.45, 7) is 5.68. The van der Waals surface area contributed by atoms with Crippen LogP contribution < -0.4 is 0 Å². The van der Waals surface area contributed by atoms with Crippen molar-refractivity contribution in [2.75, 3.05) is 0 Å². The lowest BCUT2D eigenvalue weighted by Crippen LogP contribution is -1.68. The van der Waals surface area contributed by atoms with Crippen molar-refractivity contribution in [2.24, 2.45) is 0 Å². The van der Waals surface area contributed by atoms with Crippen LogP contribution in [0.15, 0.2) is 18.0 Å². The van der Waals surface area contributed by atoms with Crippen LogP contribution in [0.4, 0.5) is 0 Å². The number of hydrogen-bond acceptors (Lipinski definition) is 1. The van der Waals surface area contributed by atoms with Crippen molar-refractivity contribution >= 4 is 35.1 Å². The Kier molecular flexibility index (Phi) is 2.92. The van der Waals surface area contributed by atoms with Crippen LogP contribution in [0, 0.1) is 0 Å². The van der Waals surface area contributed by atoms with E-state index in [-0.39, 0.29) is 0 Å². The van der Waals surface area contributed by atoms with Crippen LogP contribution in [0.5, 0.6) is 0 Å². The van der Waals surface area contributed by atoms with Crippen LogP contribution in [0.2, 0.25) is 5.02 Å². The minimum atomic E-state index is 0.790. The Morgan fingerprint density at radius 3 is 2.91 bits per heavy atom. The smallest absolute Gasteiger partial charge is 0.0591 e. The summed E-state index contributed by atoms with van der Waals surface area (Å²) in [6.07, 6.45) is 5.82. The van der Waals surface area contributed by atoms with Crippen LogP contribution in [0.1, 0.15) is 17.4 Å². The average Bonchev–Trinajstić information content (AvgIpc) is 2.33. The van der Waals surface area contributed by atoms with Gasteiger partial charge in [-0.2, -0.15) is 0 Å². The number of allylic oxidation sites excluding steroid dienone is 1. The first-order valence-corrected chi connectivity index (χ1v) is 4.57. The molecule has 1 aromatic heterocycles. The zero-order chi connectivity index (χ0) is 8.27. The first-order chi connectivity index (χ1) is 5.29. The lowest BCUT2D eigenvalue weighted by Gasteiger charge is -1.89. The van der Waals surface area contributed by atoms with Crippen molar-refractivity contribution in [2.45, 2.75) is 6.92 Å². The van der Waals surface area contributed by atoms with Gasteiger partial charge in [-0.05, 0) is 13.0 Å². The van der Waals surface area contributed by atoms with E-state index in [4.69, 9.17) is 11.6 Å². The van der Waals surface area contributed by atoms with Crippen molar-refractivity contribution in [3.8, 4) is 0 Å². The van der Waals surface area contributed by atoms with Crippen molar-refractivity contribution in [1.82, 2.24) is 0 Å². The maximum atomic E-state index is 5.89. The summed E-state index contributed by atoms with van der Waals surface area (Å²) in [7, 11) is 0. The van der Waals surface area contributed by atoms with Gasteiger partial charge in [-0.1, -0.05) is 30.3 Å². The molecule has 11 heavy (non-hydrogen) atoms. The first-order valence-electron chi connectivity index (χ1n) is 3.31. The van der Waals surface area contributed by atoms with Crippen LogP contribution in [0.3, 0.4) is 0 Å². The lowest BCUT2D eigenvalue weighted by molar-refractivity contribution is 1.76. The van der Waals surface area contributed by atoms with Gasteiger partial charge in [0.15, 0.2) is 0 Å². The van der Waals surface area contributed by atoms with Gasteiger partial charge in [0.2, 0.25) is 0 Å². The summed E-state index contributed by atoms with van der Waals surface area (Å²) in [5, 5.41) is 2.71. The predicted octanol–water partition coefficient (Wildman–Crippen LogP) is 4.08. The van der Waals surface area contributed by atoms with Crippen molar-refractivity contribution < 1.29 is 0 Å². The Labute approximate surface area is 75.8 Å². The van der Waals surface area contributed by atoms with Gasteiger partial charge in [0, 0.05) is 15.8 Å². The van der Waals surface area contributed by atoms with Gasteiger partial charge >= 0.3 is 0 Å². The molecule has 0 aromatic carbocycles. The van der Waals surface area contributed by atoms with Gasteiger partial charge in [0.1, 0.15) is 0 Å². The van der Waals surface area contributed by atoms with E-state index in [1.54, 1.807) is 17.4 Å². The van der Waals surface area contributed by atoms with E-state index < -0.39 is 0 Å². The van der Waals surface area contributed by atoms with Crippen LogP contribution >= 0.6 is 22.9 Å². The second-order valence-corrected chi connectivity index (χ2v) is 3.38. The maximum Gasteiger partial charge on any atom is 0.0591 e. The topological polar surface area (TPSA) is 0 Å². The molecule has 0 fully saturated rings. The molecule has 0 spiro atoms. The van der Waals surface area contributed by atoms with Crippen LogP contribution in [-0.4, -0.2) is 0 Å². The molecule has 0 saturated carbocycles. The fourth-order valence-electron chi connectivity index (χ4n) is 0.838. The van der Waals surface area contributed by atoms with Gasteiger partial charge in [-0.3, -0.25) is 0 Å². The highest BCUT2D eigenvalue weighted by atomic mass is 35.5. The Morgan fingerprint density at radius 1 is 1.64 bits per heavy atom. The predicted molar refractivity (Wildman–Crippen MR) is 54.1 cm³/mol. The van der Waals surface area contributed by atoms with E-state index in [2.05, 4.69) is 6.58 Å². The summed E-state index contributed by atoms with van der Waals surface area (Å²) < 4.78 is 0. The van der Waals surface area contributed by atoms with E-state index in [1.807, 2.05) is 24.5 Å². The highest BCUT2D eigenvalue weighted by molar-refractivity contribution is 7.11. The lowest BCUT2D eigenvalue weighted by atomic mass is 10.2. The normalized spacial score (nSPS) is 10.7. The van der Waals surface area contributed by atoms with E-state index in [1.165, 1.54) is 4.88 Å². The van der Waals surface area contributed by atoms with Crippen molar-refractivity contribution in [1.29, 1.82) is 0 Å². The summed E-state index contributed by atoms with van der Waals surface area (Å²) in [6, 6.07) is 0. The van der Waals surface area contributed by atoms with Crippen LogP contribution in [-0.2, 0) is 0 Å². The molecule has 1 rings (SSSR count). The summed E-state index contributed by atoms with van der Waals surface area (Å²) in [4.78, 5) is 1.17. The van der Waals surface area contributed by atoms with Crippen LogP contribution in [0.25, 0.3) is 12.2 Å². The standard InChI is InChI=1S/C9H9ClS/c1-3-5-9-7(4-2)8(10)6-11-9/h3-6H,2H2,1H3. The van der Waals surface area contributed by atoms with Gasteiger partial charge in [-0.25, -0.2) is 0 Å². The van der Waals surface area contributed by atoms with E-state index in [0.717, 1.165) is 10.6 Å². The minimum Gasteiger partial charge on any atom is -0.142 e. The fourth-order valence-corrected chi connectivity index (χ4v) is 2.10. The highest BCUT2D eigenvalue weighted by Gasteiger charge is 2.02. The molecular weight excluding hydrogens is 176 g/mol. The molecule has 1 heterocycles. The summed E-state index contributed by atoms with van der Waals surface area (Å²) in [5.74, 6) is 0. The largest absolute Gasteiger partial charge is 0.142 e. The molecule has 0 aliphatic heterocycles. The molecule has 0 amide bonds. The van der Waals surface area contributed by atoms with Gasteiger partial charge in [0.05, 0.1) is 5.02 Å². The Hall–Kier alpha value is -0.530. The minimum absolute atomic E-state index is 0.790. The van der Waals surface area contributed by atoms with E-state index in [0.29, 0.717) is 0 Å². The third-order valence-electron chi connectivity index (χ3n) is 1.33. The molecular formula is C9H9ClS. The molecule has 0 aliphatic rings.